The molecule has 1 aromatic carbocycles. The SMILES string of the molecule is COc1ccc(-c2ncnc3c2c(C(=O)NC2CC2)c2ccccn23)cc1. The van der Waals surface area contributed by atoms with Crippen molar-refractivity contribution in [3.63, 3.8) is 0 Å². The molecule has 3 heterocycles. The molecule has 0 radical (unpaired) electrons. The van der Waals surface area contributed by atoms with Gasteiger partial charge in [-0.2, -0.15) is 0 Å². The highest BCUT2D eigenvalue weighted by Gasteiger charge is 2.28. The maximum absolute atomic E-state index is 13.1. The quantitative estimate of drug-likeness (QED) is 0.607. The van der Waals surface area contributed by atoms with Crippen LogP contribution in [-0.4, -0.2) is 33.4 Å². The molecule has 6 nitrogen and oxygen atoms in total. The van der Waals surface area contributed by atoms with Gasteiger partial charge in [0.2, 0.25) is 0 Å². The number of carbonyl (C=O) groups excluding carboxylic acids is 1. The molecule has 0 spiro atoms. The first-order chi connectivity index (χ1) is 13.3. The predicted molar refractivity (Wildman–Crippen MR) is 103 cm³/mol. The van der Waals surface area contributed by atoms with Crippen LogP contribution in [0.1, 0.15) is 23.2 Å². The van der Waals surface area contributed by atoms with Gasteiger partial charge in [0, 0.05) is 17.8 Å². The van der Waals surface area contributed by atoms with Crippen LogP contribution in [0.4, 0.5) is 0 Å². The van der Waals surface area contributed by atoms with E-state index in [2.05, 4.69) is 15.3 Å². The second-order valence-corrected chi connectivity index (χ2v) is 6.73. The highest BCUT2D eigenvalue weighted by molar-refractivity contribution is 6.16. The van der Waals surface area contributed by atoms with Crippen molar-refractivity contribution in [2.24, 2.45) is 0 Å². The minimum atomic E-state index is -0.0687. The number of hydrogen-bond acceptors (Lipinski definition) is 4. The van der Waals surface area contributed by atoms with E-state index in [1.54, 1.807) is 13.4 Å². The van der Waals surface area contributed by atoms with Crippen LogP contribution in [0.25, 0.3) is 27.8 Å². The van der Waals surface area contributed by atoms with E-state index in [0.29, 0.717) is 5.56 Å². The van der Waals surface area contributed by atoms with Gasteiger partial charge in [-0.25, -0.2) is 9.97 Å². The standard InChI is InChI=1S/C21H18N4O2/c1-27-15-9-5-13(6-10-15)19-18-17(21(26)24-14-7-8-14)16-4-2-3-11-25(16)20(18)23-12-22-19/h2-6,9-12,14H,7-8H2,1H3,(H,24,26). The zero-order chi connectivity index (χ0) is 18.4. The molecule has 1 saturated carbocycles. The van der Waals surface area contributed by atoms with E-state index in [4.69, 9.17) is 4.74 Å². The van der Waals surface area contributed by atoms with Crippen LogP contribution in [0.3, 0.4) is 0 Å². The van der Waals surface area contributed by atoms with Crippen molar-refractivity contribution in [2.75, 3.05) is 7.11 Å². The normalized spacial score (nSPS) is 13.8. The Bertz CT molecular complexity index is 1160. The van der Waals surface area contributed by atoms with Crippen molar-refractivity contribution < 1.29 is 9.53 Å². The number of hydrogen-bond donors (Lipinski definition) is 1. The number of benzene rings is 1. The van der Waals surface area contributed by atoms with Gasteiger partial charge in [0.25, 0.3) is 5.91 Å². The van der Waals surface area contributed by atoms with Crippen LogP contribution in [-0.2, 0) is 0 Å². The van der Waals surface area contributed by atoms with Gasteiger partial charge in [0.05, 0.1) is 29.3 Å². The lowest BCUT2D eigenvalue weighted by atomic mass is 10.0. The number of fused-ring (bicyclic) bond motifs is 3. The lowest BCUT2D eigenvalue weighted by molar-refractivity contribution is 0.0954. The van der Waals surface area contributed by atoms with Crippen molar-refractivity contribution in [1.29, 1.82) is 0 Å². The van der Waals surface area contributed by atoms with Gasteiger partial charge in [0.15, 0.2) is 0 Å². The Kier molecular flexibility index (Phi) is 3.57. The molecule has 1 amide bonds. The summed E-state index contributed by atoms with van der Waals surface area (Å²) in [5.74, 6) is 0.707. The molecule has 1 N–H and O–H groups in total. The van der Waals surface area contributed by atoms with Gasteiger partial charge in [-0.3, -0.25) is 4.79 Å². The van der Waals surface area contributed by atoms with Crippen molar-refractivity contribution >= 4 is 22.5 Å². The molecule has 0 saturated heterocycles. The molecule has 1 fully saturated rings. The van der Waals surface area contributed by atoms with Crippen LogP contribution in [0.5, 0.6) is 5.75 Å². The summed E-state index contributed by atoms with van der Waals surface area (Å²) in [6.45, 7) is 0. The van der Waals surface area contributed by atoms with E-state index in [0.717, 1.165) is 46.4 Å². The molecule has 0 atom stereocenters. The predicted octanol–water partition coefficient (Wildman–Crippen LogP) is 3.45. The number of amides is 1. The highest BCUT2D eigenvalue weighted by Crippen LogP contribution is 2.34. The number of rotatable bonds is 4. The van der Waals surface area contributed by atoms with Crippen molar-refractivity contribution in [3.05, 3.63) is 60.6 Å². The molecule has 5 rings (SSSR count). The number of pyridine rings is 1. The summed E-state index contributed by atoms with van der Waals surface area (Å²) in [6.07, 6.45) is 5.55. The van der Waals surface area contributed by atoms with Gasteiger partial charge in [-0.15, -0.1) is 0 Å². The molecule has 134 valence electrons. The van der Waals surface area contributed by atoms with E-state index in [1.165, 1.54) is 0 Å². The number of nitrogens with zero attached hydrogens (tertiary/aromatic N) is 3. The zero-order valence-corrected chi connectivity index (χ0v) is 14.8. The van der Waals surface area contributed by atoms with Crippen LogP contribution < -0.4 is 10.1 Å². The first-order valence-corrected chi connectivity index (χ1v) is 8.95. The monoisotopic (exact) mass is 358 g/mol. The zero-order valence-electron chi connectivity index (χ0n) is 14.8. The summed E-state index contributed by atoms with van der Waals surface area (Å²) >= 11 is 0. The summed E-state index contributed by atoms with van der Waals surface area (Å²) in [5.41, 5.74) is 3.85. The Morgan fingerprint density at radius 2 is 1.96 bits per heavy atom. The fraction of sp³-hybridized carbons (Fsp3) is 0.190. The number of aromatic nitrogens is 3. The van der Waals surface area contributed by atoms with Gasteiger partial charge in [-0.1, -0.05) is 6.07 Å². The minimum Gasteiger partial charge on any atom is -0.497 e. The largest absolute Gasteiger partial charge is 0.497 e. The molecular weight excluding hydrogens is 340 g/mol. The summed E-state index contributed by atoms with van der Waals surface area (Å²) in [4.78, 5) is 22.1. The third kappa shape index (κ3) is 2.61. The van der Waals surface area contributed by atoms with Crippen molar-refractivity contribution in [1.82, 2.24) is 19.7 Å². The Hall–Kier alpha value is -3.41. The third-order valence-corrected chi connectivity index (χ3v) is 4.92. The molecular formula is C21H18N4O2. The molecule has 27 heavy (non-hydrogen) atoms. The maximum Gasteiger partial charge on any atom is 0.254 e. The van der Waals surface area contributed by atoms with Gasteiger partial charge < -0.3 is 14.5 Å². The summed E-state index contributed by atoms with van der Waals surface area (Å²) < 4.78 is 7.20. The number of carbonyl (C=O) groups is 1. The molecule has 0 bridgehead atoms. The van der Waals surface area contributed by atoms with E-state index < -0.39 is 0 Å². The van der Waals surface area contributed by atoms with E-state index in [-0.39, 0.29) is 11.9 Å². The van der Waals surface area contributed by atoms with Crippen LogP contribution >= 0.6 is 0 Å². The van der Waals surface area contributed by atoms with E-state index in [1.807, 2.05) is 53.1 Å². The molecule has 0 unspecified atom stereocenters. The fourth-order valence-corrected chi connectivity index (χ4v) is 3.43. The smallest absolute Gasteiger partial charge is 0.254 e. The maximum atomic E-state index is 13.1. The average molecular weight is 358 g/mol. The minimum absolute atomic E-state index is 0.0687. The second-order valence-electron chi connectivity index (χ2n) is 6.73. The average Bonchev–Trinajstić information content (AvgIpc) is 3.46. The number of nitrogens with one attached hydrogen (secondary N) is 1. The molecule has 1 aliphatic carbocycles. The van der Waals surface area contributed by atoms with Crippen molar-refractivity contribution in [2.45, 2.75) is 18.9 Å². The Morgan fingerprint density at radius 1 is 1.15 bits per heavy atom. The Balaban J connectivity index is 1.79. The lowest BCUT2D eigenvalue weighted by Gasteiger charge is -2.07. The molecule has 6 heteroatoms. The highest BCUT2D eigenvalue weighted by atomic mass is 16.5. The van der Waals surface area contributed by atoms with Gasteiger partial charge in [0.1, 0.15) is 17.7 Å². The lowest BCUT2D eigenvalue weighted by Crippen LogP contribution is -2.25. The van der Waals surface area contributed by atoms with E-state index >= 15 is 0 Å². The van der Waals surface area contributed by atoms with Gasteiger partial charge >= 0.3 is 0 Å². The number of methoxy groups -OCH3 is 1. The molecule has 1 aliphatic rings. The second kappa shape index (κ2) is 6.09. The Morgan fingerprint density at radius 3 is 2.70 bits per heavy atom. The number of ether oxygens (including phenoxy) is 1. The molecule has 4 aromatic rings. The van der Waals surface area contributed by atoms with Gasteiger partial charge in [-0.05, 0) is 49.2 Å². The summed E-state index contributed by atoms with van der Waals surface area (Å²) in [7, 11) is 1.64. The van der Waals surface area contributed by atoms with Crippen LogP contribution in [0.15, 0.2) is 55.0 Å². The van der Waals surface area contributed by atoms with Crippen molar-refractivity contribution in [3.8, 4) is 17.0 Å². The van der Waals surface area contributed by atoms with Crippen LogP contribution in [0, 0.1) is 0 Å². The molecule has 3 aromatic heterocycles. The third-order valence-electron chi connectivity index (χ3n) is 4.92. The molecule has 0 aliphatic heterocycles. The summed E-state index contributed by atoms with van der Waals surface area (Å²) in [5, 5.41) is 3.88. The summed E-state index contributed by atoms with van der Waals surface area (Å²) in [6, 6.07) is 13.8. The van der Waals surface area contributed by atoms with E-state index in [9.17, 15) is 4.79 Å². The Labute approximate surface area is 155 Å². The fourth-order valence-electron chi connectivity index (χ4n) is 3.43. The first-order valence-electron chi connectivity index (χ1n) is 8.95. The van der Waals surface area contributed by atoms with Crippen LogP contribution in [0.2, 0.25) is 0 Å². The first kappa shape index (κ1) is 15.8. The topological polar surface area (TPSA) is 68.5 Å².